The van der Waals surface area contributed by atoms with Crippen LogP contribution in [0.5, 0.6) is 17.2 Å². The number of hydrogen-bond donors (Lipinski definition) is 1. The van der Waals surface area contributed by atoms with E-state index >= 15 is 0 Å². The summed E-state index contributed by atoms with van der Waals surface area (Å²) in [5.74, 6) is 1.57. The van der Waals surface area contributed by atoms with Crippen molar-refractivity contribution in [2.24, 2.45) is 0 Å². The van der Waals surface area contributed by atoms with Crippen LogP contribution in [0.4, 0.5) is 0 Å². The Bertz CT molecular complexity index is 851. The number of nitrogens with zero attached hydrogens (tertiary/aromatic N) is 1. The minimum Gasteiger partial charge on any atom is -0.497 e. The molecule has 156 valence electrons. The van der Waals surface area contributed by atoms with E-state index in [4.69, 9.17) is 25.8 Å². The van der Waals surface area contributed by atoms with E-state index in [0.717, 1.165) is 16.9 Å². The minimum absolute atomic E-state index is 0.0359. The highest BCUT2D eigenvalue weighted by Gasteiger charge is 2.15. The summed E-state index contributed by atoms with van der Waals surface area (Å²) < 4.78 is 15.7. The van der Waals surface area contributed by atoms with E-state index in [1.807, 2.05) is 38.4 Å². The number of nitrogens with one attached hydrogen (secondary N) is 1. The van der Waals surface area contributed by atoms with Crippen molar-refractivity contribution in [3.05, 3.63) is 58.6 Å². The molecule has 0 aliphatic heterocycles. The van der Waals surface area contributed by atoms with Crippen molar-refractivity contribution in [1.29, 1.82) is 0 Å². The Labute approximate surface area is 177 Å². The summed E-state index contributed by atoms with van der Waals surface area (Å²) in [5, 5.41) is 3.36. The van der Waals surface area contributed by atoms with Gasteiger partial charge in [0.2, 0.25) is 5.91 Å². The molecule has 0 aromatic heterocycles. The number of carbonyl (C=O) groups is 1. The fraction of sp³-hybridized carbons (Fsp3) is 0.318. The number of benzene rings is 2. The van der Waals surface area contributed by atoms with Gasteiger partial charge in [-0.1, -0.05) is 23.7 Å². The third-order valence-corrected chi connectivity index (χ3v) is 4.76. The maximum Gasteiger partial charge on any atom is 0.244 e. The largest absolute Gasteiger partial charge is 0.497 e. The van der Waals surface area contributed by atoms with Crippen molar-refractivity contribution < 1.29 is 19.0 Å². The number of likely N-dealkylation sites (N-methyl/N-ethyl adjacent to an activating group) is 1. The first-order chi connectivity index (χ1) is 13.9. The Balaban J connectivity index is 2.04. The van der Waals surface area contributed by atoms with E-state index < -0.39 is 0 Å². The zero-order valence-electron chi connectivity index (χ0n) is 17.4. The lowest BCUT2D eigenvalue weighted by Crippen LogP contribution is -2.33. The van der Waals surface area contributed by atoms with E-state index in [1.165, 1.54) is 20.3 Å². The molecule has 6 nitrogen and oxygen atoms in total. The van der Waals surface area contributed by atoms with Crippen molar-refractivity contribution in [3.63, 3.8) is 0 Å². The van der Waals surface area contributed by atoms with Gasteiger partial charge in [0.05, 0.1) is 32.4 Å². The molecule has 1 N–H and O–H groups in total. The Hall–Kier alpha value is -2.70. The van der Waals surface area contributed by atoms with Gasteiger partial charge in [0.15, 0.2) is 11.5 Å². The van der Waals surface area contributed by atoms with Gasteiger partial charge in [-0.05, 0) is 55.6 Å². The molecule has 0 spiro atoms. The van der Waals surface area contributed by atoms with Crippen LogP contribution < -0.4 is 19.5 Å². The van der Waals surface area contributed by atoms with Gasteiger partial charge in [0, 0.05) is 12.6 Å². The van der Waals surface area contributed by atoms with Crippen LogP contribution >= 0.6 is 11.6 Å². The maximum atomic E-state index is 12.3. The van der Waals surface area contributed by atoms with Crippen molar-refractivity contribution in [2.75, 3.05) is 42.0 Å². The Kier molecular flexibility index (Phi) is 8.36. The molecule has 1 atom stereocenters. The molecule has 0 saturated heterocycles. The number of carbonyl (C=O) groups excluding carboxylic acids is 1. The van der Waals surface area contributed by atoms with Gasteiger partial charge in [-0.3, -0.25) is 4.79 Å². The summed E-state index contributed by atoms with van der Waals surface area (Å²) >= 11 is 6.20. The fourth-order valence-electron chi connectivity index (χ4n) is 2.89. The second-order valence-corrected chi connectivity index (χ2v) is 6.98. The van der Waals surface area contributed by atoms with Crippen LogP contribution in [-0.2, 0) is 4.79 Å². The third-order valence-electron chi connectivity index (χ3n) is 4.48. The van der Waals surface area contributed by atoms with Crippen LogP contribution in [-0.4, -0.2) is 52.8 Å². The van der Waals surface area contributed by atoms with E-state index in [0.29, 0.717) is 23.1 Å². The first-order valence-electron chi connectivity index (χ1n) is 9.07. The highest BCUT2D eigenvalue weighted by Crippen LogP contribution is 2.36. The van der Waals surface area contributed by atoms with Gasteiger partial charge in [-0.25, -0.2) is 0 Å². The lowest BCUT2D eigenvalue weighted by atomic mass is 10.1. The Morgan fingerprint density at radius 1 is 1.10 bits per heavy atom. The quantitative estimate of drug-likeness (QED) is 0.628. The number of rotatable bonds is 9. The standard InChI is InChI=1S/C22H27ClN2O4/c1-25(2)19(16-7-9-17(27-3)10-8-16)14-24-21(26)11-6-15-12-18(23)22(29-5)20(13-15)28-4/h6-13,19H,14H2,1-5H3,(H,24,26)/b11-6+. The first kappa shape index (κ1) is 22.6. The van der Waals surface area contributed by atoms with Crippen LogP contribution in [0.15, 0.2) is 42.5 Å². The molecule has 1 amide bonds. The van der Waals surface area contributed by atoms with E-state index in [2.05, 4.69) is 10.2 Å². The molecule has 0 radical (unpaired) electrons. The number of hydrogen-bond acceptors (Lipinski definition) is 5. The molecule has 2 aromatic rings. The number of methoxy groups -OCH3 is 3. The smallest absolute Gasteiger partial charge is 0.244 e. The molecule has 29 heavy (non-hydrogen) atoms. The summed E-state index contributed by atoms with van der Waals surface area (Å²) in [5.41, 5.74) is 1.83. The summed E-state index contributed by atoms with van der Waals surface area (Å²) in [7, 11) is 8.65. The lowest BCUT2D eigenvalue weighted by molar-refractivity contribution is -0.116. The van der Waals surface area contributed by atoms with Gasteiger partial charge >= 0.3 is 0 Å². The molecular formula is C22H27ClN2O4. The van der Waals surface area contributed by atoms with Crippen LogP contribution in [0.1, 0.15) is 17.2 Å². The molecule has 7 heteroatoms. The van der Waals surface area contributed by atoms with Crippen molar-refractivity contribution >= 4 is 23.6 Å². The molecule has 1 unspecified atom stereocenters. The Morgan fingerprint density at radius 3 is 2.34 bits per heavy atom. The second kappa shape index (κ2) is 10.7. The zero-order valence-corrected chi connectivity index (χ0v) is 18.1. The number of halogens is 1. The van der Waals surface area contributed by atoms with Crippen molar-refractivity contribution in [2.45, 2.75) is 6.04 Å². The molecule has 0 aliphatic rings. The van der Waals surface area contributed by atoms with E-state index in [-0.39, 0.29) is 11.9 Å². The van der Waals surface area contributed by atoms with Gasteiger partial charge < -0.3 is 24.4 Å². The van der Waals surface area contributed by atoms with Crippen LogP contribution in [0.3, 0.4) is 0 Å². The topological polar surface area (TPSA) is 60.0 Å². The van der Waals surface area contributed by atoms with Crippen molar-refractivity contribution in [3.8, 4) is 17.2 Å². The number of amides is 1. The zero-order chi connectivity index (χ0) is 21.4. The predicted molar refractivity (Wildman–Crippen MR) is 116 cm³/mol. The Morgan fingerprint density at radius 2 is 1.79 bits per heavy atom. The molecule has 0 fully saturated rings. The maximum absolute atomic E-state index is 12.3. The SMILES string of the molecule is COc1ccc(C(CNC(=O)/C=C/c2cc(Cl)c(OC)c(OC)c2)N(C)C)cc1. The second-order valence-electron chi connectivity index (χ2n) is 6.57. The summed E-state index contributed by atoms with van der Waals surface area (Å²) in [6.07, 6.45) is 3.15. The average molecular weight is 419 g/mol. The summed E-state index contributed by atoms with van der Waals surface area (Å²) in [6.45, 7) is 0.467. The fourth-order valence-corrected chi connectivity index (χ4v) is 3.18. The molecule has 0 aliphatic carbocycles. The predicted octanol–water partition coefficient (Wildman–Crippen LogP) is 3.80. The number of ether oxygens (including phenoxy) is 3. The van der Waals surface area contributed by atoms with Gasteiger partial charge in [-0.2, -0.15) is 0 Å². The average Bonchev–Trinajstić information content (AvgIpc) is 2.72. The van der Waals surface area contributed by atoms with Gasteiger partial charge in [-0.15, -0.1) is 0 Å². The molecule has 0 heterocycles. The minimum atomic E-state index is -0.198. The van der Waals surface area contributed by atoms with E-state index in [9.17, 15) is 4.79 Å². The van der Waals surface area contributed by atoms with Gasteiger partial charge in [0.25, 0.3) is 0 Å². The lowest BCUT2D eigenvalue weighted by Gasteiger charge is -2.25. The highest BCUT2D eigenvalue weighted by atomic mass is 35.5. The first-order valence-corrected chi connectivity index (χ1v) is 9.45. The normalized spacial score (nSPS) is 12.1. The molecule has 0 bridgehead atoms. The highest BCUT2D eigenvalue weighted by molar-refractivity contribution is 6.32. The molecule has 0 saturated carbocycles. The molecule has 2 aromatic carbocycles. The van der Waals surface area contributed by atoms with Crippen LogP contribution in [0.25, 0.3) is 6.08 Å². The van der Waals surface area contributed by atoms with Crippen LogP contribution in [0.2, 0.25) is 5.02 Å². The van der Waals surface area contributed by atoms with Gasteiger partial charge in [0.1, 0.15) is 5.75 Å². The van der Waals surface area contributed by atoms with Crippen LogP contribution in [0, 0.1) is 0 Å². The molecule has 2 rings (SSSR count). The van der Waals surface area contributed by atoms with E-state index in [1.54, 1.807) is 25.3 Å². The third kappa shape index (κ3) is 6.14. The summed E-state index contributed by atoms with van der Waals surface area (Å²) in [4.78, 5) is 14.4. The molecular weight excluding hydrogens is 392 g/mol. The monoisotopic (exact) mass is 418 g/mol. The van der Waals surface area contributed by atoms with Crippen molar-refractivity contribution in [1.82, 2.24) is 10.2 Å². The summed E-state index contributed by atoms with van der Waals surface area (Å²) in [6, 6.07) is 11.3.